The average molecular weight is 349 g/mol. The Morgan fingerprint density at radius 3 is 2.68 bits per heavy atom. The maximum absolute atomic E-state index is 12.2. The fourth-order valence-electron chi connectivity index (χ4n) is 1.53. The predicted octanol–water partition coefficient (Wildman–Crippen LogP) is 3.89. The molecule has 19 heavy (non-hydrogen) atoms. The summed E-state index contributed by atoms with van der Waals surface area (Å²) < 4.78 is 6.11. The molecule has 1 unspecified atom stereocenters. The highest BCUT2D eigenvalue weighted by molar-refractivity contribution is 9.10. The van der Waals surface area contributed by atoms with Crippen molar-refractivity contribution in [2.45, 2.75) is 26.8 Å². The van der Waals surface area contributed by atoms with Gasteiger partial charge in [0.1, 0.15) is 0 Å². The smallest absolute Gasteiger partial charge is 0.251 e. The number of halogens is 2. The first-order valence-corrected chi connectivity index (χ1v) is 7.46. The predicted molar refractivity (Wildman–Crippen MR) is 81.7 cm³/mol. The number of hydrogen-bond donors (Lipinski definition) is 1. The second kappa shape index (κ2) is 7.88. The average Bonchev–Trinajstić information content (AvgIpc) is 2.37. The van der Waals surface area contributed by atoms with Crippen molar-refractivity contribution in [1.29, 1.82) is 0 Å². The molecule has 1 amide bonds. The molecule has 0 aliphatic carbocycles. The molecule has 1 aromatic rings. The monoisotopic (exact) mass is 347 g/mol. The highest BCUT2D eigenvalue weighted by Gasteiger charge is 2.17. The Labute approximate surface area is 127 Å². The van der Waals surface area contributed by atoms with Gasteiger partial charge in [0, 0.05) is 16.6 Å². The molecule has 1 N–H and O–H groups in total. The number of rotatable bonds is 6. The van der Waals surface area contributed by atoms with Gasteiger partial charge in [-0.15, -0.1) is 0 Å². The minimum atomic E-state index is -0.115. The van der Waals surface area contributed by atoms with Crippen LogP contribution in [0.15, 0.2) is 22.7 Å². The third kappa shape index (κ3) is 5.13. The molecular formula is C14H19BrClNO2. The fraction of sp³-hybridized carbons (Fsp3) is 0.500. The molecule has 1 rings (SSSR count). The molecule has 3 nitrogen and oxygen atoms in total. The quantitative estimate of drug-likeness (QED) is 0.847. The van der Waals surface area contributed by atoms with Crippen LogP contribution in [0, 0.1) is 5.92 Å². The number of carbonyl (C=O) groups is 1. The van der Waals surface area contributed by atoms with Crippen molar-refractivity contribution < 1.29 is 9.53 Å². The topological polar surface area (TPSA) is 38.3 Å². The maximum Gasteiger partial charge on any atom is 0.251 e. The van der Waals surface area contributed by atoms with E-state index in [0.29, 0.717) is 34.2 Å². The summed E-state index contributed by atoms with van der Waals surface area (Å²) in [5.74, 6) is 0.196. The first-order chi connectivity index (χ1) is 8.95. The molecule has 5 heteroatoms. The SMILES string of the molecule is CCOCC(NC(=O)c1ccc(Cl)c(Br)c1)C(C)C. The normalized spacial score (nSPS) is 12.5. The minimum Gasteiger partial charge on any atom is -0.380 e. The Kier molecular flexibility index (Phi) is 6.83. The Morgan fingerprint density at radius 2 is 2.16 bits per heavy atom. The number of nitrogens with one attached hydrogen (secondary N) is 1. The van der Waals surface area contributed by atoms with Crippen LogP contribution in [0.3, 0.4) is 0 Å². The number of carbonyl (C=O) groups excluding carboxylic acids is 1. The number of amides is 1. The van der Waals surface area contributed by atoms with E-state index >= 15 is 0 Å². The summed E-state index contributed by atoms with van der Waals surface area (Å²) in [6.45, 7) is 7.22. The molecule has 1 aromatic carbocycles. The van der Waals surface area contributed by atoms with Crippen molar-refractivity contribution in [3.8, 4) is 0 Å². The molecule has 0 aromatic heterocycles. The standard InChI is InChI=1S/C14H19BrClNO2/c1-4-19-8-13(9(2)3)17-14(18)10-5-6-12(16)11(15)7-10/h5-7,9,13H,4,8H2,1-3H3,(H,17,18). The molecule has 106 valence electrons. The van der Waals surface area contributed by atoms with Crippen LogP contribution in [0.2, 0.25) is 5.02 Å². The van der Waals surface area contributed by atoms with Gasteiger partial charge in [-0.2, -0.15) is 0 Å². The minimum absolute atomic E-state index is 0.00176. The molecule has 0 aliphatic heterocycles. The van der Waals surface area contributed by atoms with E-state index in [1.165, 1.54) is 0 Å². The summed E-state index contributed by atoms with van der Waals surface area (Å²) in [6, 6.07) is 5.13. The molecule has 0 bridgehead atoms. The van der Waals surface area contributed by atoms with Crippen molar-refractivity contribution in [3.63, 3.8) is 0 Å². The van der Waals surface area contributed by atoms with Gasteiger partial charge in [0.25, 0.3) is 5.91 Å². The molecule has 0 radical (unpaired) electrons. The van der Waals surface area contributed by atoms with Gasteiger partial charge in [-0.1, -0.05) is 25.4 Å². The van der Waals surface area contributed by atoms with Gasteiger partial charge in [-0.05, 0) is 47.0 Å². The van der Waals surface area contributed by atoms with E-state index in [2.05, 4.69) is 35.1 Å². The van der Waals surface area contributed by atoms with Crippen molar-refractivity contribution in [1.82, 2.24) is 5.32 Å². The lowest BCUT2D eigenvalue weighted by molar-refractivity contribution is 0.0806. The third-order valence-corrected chi connectivity index (χ3v) is 4.02. The van der Waals surface area contributed by atoms with Gasteiger partial charge in [-0.25, -0.2) is 0 Å². The van der Waals surface area contributed by atoms with Crippen molar-refractivity contribution in [2.75, 3.05) is 13.2 Å². The van der Waals surface area contributed by atoms with Crippen LogP contribution >= 0.6 is 27.5 Å². The lowest BCUT2D eigenvalue weighted by Gasteiger charge is -2.22. The molecule has 0 saturated heterocycles. The number of ether oxygens (including phenoxy) is 1. The van der Waals surface area contributed by atoms with Gasteiger partial charge in [0.2, 0.25) is 0 Å². The lowest BCUT2D eigenvalue weighted by Crippen LogP contribution is -2.41. The van der Waals surface area contributed by atoms with E-state index < -0.39 is 0 Å². The van der Waals surface area contributed by atoms with Crippen LogP contribution in [-0.4, -0.2) is 25.2 Å². The van der Waals surface area contributed by atoms with E-state index in [1.807, 2.05) is 6.92 Å². The van der Waals surface area contributed by atoms with E-state index in [1.54, 1.807) is 18.2 Å². The summed E-state index contributed by atoms with van der Waals surface area (Å²) >= 11 is 9.23. The summed E-state index contributed by atoms with van der Waals surface area (Å²) in [4.78, 5) is 12.2. The highest BCUT2D eigenvalue weighted by atomic mass is 79.9. The summed E-state index contributed by atoms with van der Waals surface area (Å²) in [6.07, 6.45) is 0. The van der Waals surface area contributed by atoms with Crippen LogP contribution in [0.25, 0.3) is 0 Å². The molecule has 0 fully saturated rings. The molecular weight excluding hydrogens is 330 g/mol. The van der Waals surface area contributed by atoms with E-state index in [-0.39, 0.29) is 11.9 Å². The lowest BCUT2D eigenvalue weighted by atomic mass is 10.0. The molecule has 0 heterocycles. The Hall–Kier alpha value is -0.580. The third-order valence-electron chi connectivity index (χ3n) is 2.80. The van der Waals surface area contributed by atoms with Gasteiger partial charge in [-0.3, -0.25) is 4.79 Å². The molecule has 0 saturated carbocycles. The van der Waals surface area contributed by atoms with E-state index in [0.717, 1.165) is 0 Å². The van der Waals surface area contributed by atoms with Gasteiger partial charge in [0.15, 0.2) is 0 Å². The first-order valence-electron chi connectivity index (χ1n) is 6.29. The zero-order valence-electron chi connectivity index (χ0n) is 11.4. The van der Waals surface area contributed by atoms with Gasteiger partial charge >= 0.3 is 0 Å². The summed E-state index contributed by atoms with van der Waals surface area (Å²) in [5, 5.41) is 3.58. The van der Waals surface area contributed by atoms with Crippen LogP contribution in [0.4, 0.5) is 0 Å². The highest BCUT2D eigenvalue weighted by Crippen LogP contribution is 2.23. The Balaban J connectivity index is 2.73. The van der Waals surface area contributed by atoms with E-state index in [4.69, 9.17) is 16.3 Å². The largest absolute Gasteiger partial charge is 0.380 e. The molecule has 1 atom stereocenters. The van der Waals surface area contributed by atoms with Crippen LogP contribution in [0.1, 0.15) is 31.1 Å². The van der Waals surface area contributed by atoms with Crippen molar-refractivity contribution >= 4 is 33.4 Å². The Morgan fingerprint density at radius 1 is 1.47 bits per heavy atom. The first kappa shape index (κ1) is 16.5. The Bertz CT molecular complexity index is 437. The second-order valence-electron chi connectivity index (χ2n) is 4.61. The maximum atomic E-state index is 12.2. The zero-order chi connectivity index (χ0) is 14.4. The van der Waals surface area contributed by atoms with Gasteiger partial charge in [0.05, 0.1) is 17.7 Å². The van der Waals surface area contributed by atoms with Gasteiger partial charge < -0.3 is 10.1 Å². The van der Waals surface area contributed by atoms with Crippen LogP contribution < -0.4 is 5.32 Å². The molecule has 0 aliphatic rings. The number of hydrogen-bond acceptors (Lipinski definition) is 2. The zero-order valence-corrected chi connectivity index (χ0v) is 13.7. The fourth-order valence-corrected chi connectivity index (χ4v) is 2.03. The summed E-state index contributed by atoms with van der Waals surface area (Å²) in [5.41, 5.74) is 0.582. The van der Waals surface area contributed by atoms with Crippen LogP contribution in [-0.2, 0) is 4.74 Å². The van der Waals surface area contributed by atoms with E-state index in [9.17, 15) is 4.79 Å². The summed E-state index contributed by atoms with van der Waals surface area (Å²) in [7, 11) is 0. The van der Waals surface area contributed by atoms with Crippen molar-refractivity contribution in [3.05, 3.63) is 33.3 Å². The number of benzene rings is 1. The van der Waals surface area contributed by atoms with Crippen molar-refractivity contribution in [2.24, 2.45) is 5.92 Å². The second-order valence-corrected chi connectivity index (χ2v) is 5.87. The molecule has 0 spiro atoms. The van der Waals surface area contributed by atoms with Crippen LogP contribution in [0.5, 0.6) is 0 Å².